The van der Waals surface area contributed by atoms with Gasteiger partial charge >= 0.3 is 0 Å². The quantitative estimate of drug-likeness (QED) is 0.796. The number of halogens is 1. The molecule has 1 aromatic heterocycles. The van der Waals surface area contributed by atoms with Crippen molar-refractivity contribution in [3.8, 4) is 0 Å². The van der Waals surface area contributed by atoms with Gasteiger partial charge in [0.1, 0.15) is 0 Å². The van der Waals surface area contributed by atoms with Crippen LogP contribution < -0.4 is 5.32 Å². The first-order valence-corrected chi connectivity index (χ1v) is 7.80. The molecular weight excluding hydrogens is 310 g/mol. The first-order chi connectivity index (χ1) is 11.0. The maximum Gasteiger partial charge on any atom is 0.272 e. The molecule has 1 N–H and O–H groups in total. The Morgan fingerprint density at radius 2 is 1.87 bits per heavy atom. The van der Waals surface area contributed by atoms with Crippen molar-refractivity contribution < 1.29 is 4.79 Å². The van der Waals surface area contributed by atoms with Gasteiger partial charge in [0, 0.05) is 24.0 Å². The summed E-state index contributed by atoms with van der Waals surface area (Å²) in [6.07, 6.45) is 0. The fourth-order valence-corrected chi connectivity index (χ4v) is 2.83. The summed E-state index contributed by atoms with van der Waals surface area (Å²) in [6.45, 7) is 4.55. The first kappa shape index (κ1) is 15.6. The summed E-state index contributed by atoms with van der Waals surface area (Å²) in [7, 11) is 1.87. The van der Waals surface area contributed by atoms with Crippen LogP contribution in [0.3, 0.4) is 0 Å². The monoisotopic (exact) mass is 327 g/mol. The average Bonchev–Trinajstić information content (AvgIpc) is 2.87. The Bertz CT molecular complexity index is 881. The highest BCUT2D eigenvalue weighted by Gasteiger charge is 2.17. The zero-order chi connectivity index (χ0) is 16.6. The van der Waals surface area contributed by atoms with Crippen molar-refractivity contribution in [3.63, 3.8) is 0 Å². The predicted molar refractivity (Wildman–Crippen MR) is 92.8 cm³/mol. The number of rotatable bonds is 3. The summed E-state index contributed by atoms with van der Waals surface area (Å²) >= 11 is 5.87. The van der Waals surface area contributed by atoms with Gasteiger partial charge in [0.2, 0.25) is 0 Å². The van der Waals surface area contributed by atoms with Gasteiger partial charge in [0.05, 0.1) is 5.52 Å². The molecule has 23 heavy (non-hydrogen) atoms. The van der Waals surface area contributed by atoms with Crippen molar-refractivity contribution in [1.82, 2.24) is 15.1 Å². The van der Waals surface area contributed by atoms with Crippen LogP contribution in [0.5, 0.6) is 0 Å². The van der Waals surface area contributed by atoms with E-state index in [1.54, 1.807) is 4.68 Å². The minimum Gasteiger partial charge on any atom is -0.347 e. The Balaban J connectivity index is 1.87. The minimum absolute atomic E-state index is 0.172. The maximum absolute atomic E-state index is 12.5. The molecule has 3 aromatic rings. The van der Waals surface area contributed by atoms with Crippen molar-refractivity contribution in [3.05, 3.63) is 63.8 Å². The van der Waals surface area contributed by atoms with Gasteiger partial charge in [0.15, 0.2) is 5.69 Å². The maximum atomic E-state index is 12.5. The summed E-state index contributed by atoms with van der Waals surface area (Å²) in [5.74, 6) is -0.172. The Morgan fingerprint density at radius 1 is 1.17 bits per heavy atom. The van der Waals surface area contributed by atoms with Crippen LogP contribution in [0.15, 0.2) is 36.4 Å². The van der Waals surface area contributed by atoms with Crippen LogP contribution in [0.25, 0.3) is 10.9 Å². The first-order valence-electron chi connectivity index (χ1n) is 7.43. The molecule has 0 fully saturated rings. The molecule has 0 spiro atoms. The molecule has 1 amide bonds. The van der Waals surface area contributed by atoms with E-state index in [4.69, 9.17) is 11.6 Å². The van der Waals surface area contributed by atoms with Crippen LogP contribution in [0.2, 0.25) is 5.02 Å². The minimum atomic E-state index is -0.172. The van der Waals surface area contributed by atoms with E-state index in [1.807, 2.05) is 43.4 Å². The van der Waals surface area contributed by atoms with Gasteiger partial charge in [-0.25, -0.2) is 0 Å². The highest BCUT2D eigenvalue weighted by molar-refractivity contribution is 6.30. The van der Waals surface area contributed by atoms with Gasteiger partial charge in [-0.05, 0) is 42.7 Å². The normalized spacial score (nSPS) is 11.0. The number of aromatic nitrogens is 2. The van der Waals surface area contributed by atoms with E-state index in [0.717, 1.165) is 22.0 Å². The highest BCUT2D eigenvalue weighted by Crippen LogP contribution is 2.24. The lowest BCUT2D eigenvalue weighted by Gasteiger charge is -2.05. The summed E-state index contributed by atoms with van der Waals surface area (Å²) in [5, 5.41) is 8.88. The van der Waals surface area contributed by atoms with Crippen LogP contribution >= 0.6 is 11.6 Å². The molecule has 0 bridgehead atoms. The van der Waals surface area contributed by atoms with Crippen LogP contribution in [0.4, 0.5) is 0 Å². The Hall–Kier alpha value is -2.33. The summed E-state index contributed by atoms with van der Waals surface area (Å²) in [6, 6.07) is 11.4. The van der Waals surface area contributed by atoms with Crippen LogP contribution in [-0.4, -0.2) is 15.7 Å². The molecule has 0 aliphatic rings. The van der Waals surface area contributed by atoms with E-state index in [0.29, 0.717) is 17.3 Å². The lowest BCUT2D eigenvalue weighted by Crippen LogP contribution is -2.23. The molecule has 4 nitrogen and oxygen atoms in total. The van der Waals surface area contributed by atoms with E-state index in [-0.39, 0.29) is 5.91 Å². The van der Waals surface area contributed by atoms with Gasteiger partial charge in [-0.15, -0.1) is 0 Å². The lowest BCUT2D eigenvalue weighted by molar-refractivity contribution is 0.0947. The molecule has 0 radical (unpaired) electrons. The fraction of sp³-hybridized carbons (Fsp3) is 0.222. The van der Waals surface area contributed by atoms with E-state index >= 15 is 0 Å². The van der Waals surface area contributed by atoms with E-state index in [2.05, 4.69) is 24.3 Å². The molecule has 2 aromatic carbocycles. The van der Waals surface area contributed by atoms with Gasteiger partial charge in [-0.2, -0.15) is 5.10 Å². The molecule has 118 valence electrons. The zero-order valence-electron chi connectivity index (χ0n) is 13.4. The number of carbonyl (C=O) groups is 1. The number of fused-ring (bicyclic) bond motifs is 1. The van der Waals surface area contributed by atoms with Crippen molar-refractivity contribution in [2.75, 3.05) is 0 Å². The number of hydrogen-bond acceptors (Lipinski definition) is 2. The largest absolute Gasteiger partial charge is 0.347 e. The molecule has 1 heterocycles. The molecule has 0 atom stereocenters. The van der Waals surface area contributed by atoms with Gasteiger partial charge in [-0.1, -0.05) is 35.9 Å². The third kappa shape index (κ3) is 2.94. The second-order valence-corrected chi connectivity index (χ2v) is 6.12. The van der Waals surface area contributed by atoms with Crippen LogP contribution in [-0.2, 0) is 13.6 Å². The van der Waals surface area contributed by atoms with Crippen molar-refractivity contribution in [1.29, 1.82) is 0 Å². The average molecular weight is 328 g/mol. The molecule has 0 unspecified atom stereocenters. The van der Waals surface area contributed by atoms with E-state index in [1.165, 1.54) is 5.56 Å². The molecule has 0 aliphatic carbocycles. The molecule has 0 saturated carbocycles. The number of hydrogen-bond donors (Lipinski definition) is 1. The Kier molecular flexibility index (Phi) is 4.09. The SMILES string of the molecule is Cc1ccc2c(C(=O)NCc3ccc(Cl)cc3)nn(C)c2c1C. The number of nitrogens with zero attached hydrogens (tertiary/aromatic N) is 2. The fourth-order valence-electron chi connectivity index (χ4n) is 2.70. The summed E-state index contributed by atoms with van der Waals surface area (Å²) in [5.41, 5.74) is 4.79. The Labute approximate surface area is 140 Å². The van der Waals surface area contributed by atoms with Crippen molar-refractivity contribution >= 4 is 28.4 Å². The Morgan fingerprint density at radius 3 is 2.57 bits per heavy atom. The smallest absolute Gasteiger partial charge is 0.272 e. The highest BCUT2D eigenvalue weighted by atomic mass is 35.5. The van der Waals surface area contributed by atoms with Gasteiger partial charge < -0.3 is 5.32 Å². The standard InChI is InChI=1S/C18H18ClN3O/c1-11-4-9-15-16(21-22(3)17(15)12(11)2)18(23)20-10-13-5-7-14(19)8-6-13/h4-9H,10H2,1-3H3,(H,20,23). The van der Waals surface area contributed by atoms with Crippen molar-refractivity contribution in [2.24, 2.45) is 7.05 Å². The molecule has 3 rings (SSSR count). The third-order valence-corrected chi connectivity index (χ3v) is 4.36. The van der Waals surface area contributed by atoms with E-state index in [9.17, 15) is 4.79 Å². The number of carbonyl (C=O) groups excluding carboxylic acids is 1. The van der Waals surface area contributed by atoms with Crippen molar-refractivity contribution in [2.45, 2.75) is 20.4 Å². The van der Waals surface area contributed by atoms with Gasteiger partial charge in [0.25, 0.3) is 5.91 Å². The van der Waals surface area contributed by atoms with Gasteiger partial charge in [-0.3, -0.25) is 9.48 Å². The third-order valence-electron chi connectivity index (χ3n) is 4.11. The molecule has 0 saturated heterocycles. The van der Waals surface area contributed by atoms with Crippen LogP contribution in [0.1, 0.15) is 27.2 Å². The summed E-state index contributed by atoms with van der Waals surface area (Å²) < 4.78 is 1.77. The molecule has 0 aliphatic heterocycles. The second kappa shape index (κ2) is 6.05. The summed E-state index contributed by atoms with van der Waals surface area (Å²) in [4.78, 5) is 12.5. The topological polar surface area (TPSA) is 46.9 Å². The second-order valence-electron chi connectivity index (χ2n) is 5.68. The number of amides is 1. The molecule has 5 heteroatoms. The number of benzene rings is 2. The number of nitrogens with one attached hydrogen (secondary N) is 1. The lowest BCUT2D eigenvalue weighted by atomic mass is 10.1. The molecular formula is C18H18ClN3O. The number of aryl methyl sites for hydroxylation is 3. The predicted octanol–water partition coefficient (Wildman–Crippen LogP) is 3.77. The van der Waals surface area contributed by atoms with E-state index < -0.39 is 0 Å². The van der Waals surface area contributed by atoms with Crippen LogP contribution in [0, 0.1) is 13.8 Å². The zero-order valence-corrected chi connectivity index (χ0v) is 14.1.